The molecule has 0 saturated carbocycles. The number of alkyl halides is 1. The van der Waals surface area contributed by atoms with E-state index in [1.807, 2.05) is 6.07 Å². The molecular weight excluding hydrogens is 282 g/mol. The SMILES string of the molecule is COc1ccc(CC(CCl)c2ccc(F)cc2)cc1F. The van der Waals surface area contributed by atoms with E-state index >= 15 is 0 Å². The molecule has 0 aliphatic rings. The van der Waals surface area contributed by atoms with Gasteiger partial charge in [-0.05, 0) is 41.8 Å². The van der Waals surface area contributed by atoms with Crippen molar-refractivity contribution in [3.05, 3.63) is 65.2 Å². The van der Waals surface area contributed by atoms with Crippen LogP contribution in [0.4, 0.5) is 8.78 Å². The predicted octanol–water partition coefficient (Wildman–Crippen LogP) is 4.54. The summed E-state index contributed by atoms with van der Waals surface area (Å²) in [6.07, 6.45) is 0.593. The summed E-state index contributed by atoms with van der Waals surface area (Å²) in [5.74, 6) is -0.0442. The lowest BCUT2D eigenvalue weighted by molar-refractivity contribution is 0.386. The second kappa shape index (κ2) is 6.71. The van der Waals surface area contributed by atoms with Crippen molar-refractivity contribution in [2.24, 2.45) is 0 Å². The van der Waals surface area contributed by atoms with Crippen LogP contribution in [0, 0.1) is 11.6 Å². The van der Waals surface area contributed by atoms with Crippen molar-refractivity contribution in [1.82, 2.24) is 0 Å². The van der Waals surface area contributed by atoms with Gasteiger partial charge in [-0.2, -0.15) is 0 Å². The average Bonchev–Trinajstić information content (AvgIpc) is 2.46. The smallest absolute Gasteiger partial charge is 0.165 e. The van der Waals surface area contributed by atoms with Crippen LogP contribution in [0.15, 0.2) is 42.5 Å². The zero-order chi connectivity index (χ0) is 14.5. The van der Waals surface area contributed by atoms with Crippen molar-refractivity contribution in [2.75, 3.05) is 13.0 Å². The van der Waals surface area contributed by atoms with Crippen molar-refractivity contribution in [2.45, 2.75) is 12.3 Å². The van der Waals surface area contributed by atoms with Crippen LogP contribution < -0.4 is 4.74 Å². The summed E-state index contributed by atoms with van der Waals surface area (Å²) in [6.45, 7) is 0. The van der Waals surface area contributed by atoms with Gasteiger partial charge in [0.15, 0.2) is 11.6 Å². The van der Waals surface area contributed by atoms with Gasteiger partial charge in [0.25, 0.3) is 0 Å². The van der Waals surface area contributed by atoms with Crippen molar-refractivity contribution < 1.29 is 13.5 Å². The van der Waals surface area contributed by atoms with Crippen LogP contribution in [0.1, 0.15) is 17.0 Å². The van der Waals surface area contributed by atoms with Crippen molar-refractivity contribution in [3.8, 4) is 5.75 Å². The Morgan fingerprint density at radius 3 is 2.35 bits per heavy atom. The van der Waals surface area contributed by atoms with Crippen LogP contribution in [0.2, 0.25) is 0 Å². The first-order valence-electron chi connectivity index (χ1n) is 6.28. The number of hydrogen-bond donors (Lipinski definition) is 0. The summed E-state index contributed by atoms with van der Waals surface area (Å²) >= 11 is 5.98. The second-order valence-corrected chi connectivity index (χ2v) is 4.88. The molecule has 0 saturated heterocycles. The standard InChI is InChI=1S/C16H15ClF2O/c1-20-16-7-2-11(9-15(16)19)8-13(10-17)12-3-5-14(18)6-4-12/h2-7,9,13H,8,10H2,1H3. The average molecular weight is 297 g/mol. The molecular formula is C16H15ClF2O. The topological polar surface area (TPSA) is 9.23 Å². The fourth-order valence-electron chi connectivity index (χ4n) is 2.12. The minimum Gasteiger partial charge on any atom is -0.494 e. The molecule has 2 rings (SSSR count). The third-order valence-corrected chi connectivity index (χ3v) is 3.60. The minimum atomic E-state index is -0.391. The Morgan fingerprint density at radius 1 is 1.10 bits per heavy atom. The maximum absolute atomic E-state index is 13.7. The molecule has 0 N–H and O–H groups in total. The molecule has 0 radical (unpaired) electrons. The lowest BCUT2D eigenvalue weighted by Crippen LogP contribution is -2.05. The van der Waals surface area contributed by atoms with Crippen LogP contribution >= 0.6 is 11.6 Å². The molecule has 0 aliphatic carbocycles. The zero-order valence-electron chi connectivity index (χ0n) is 11.1. The minimum absolute atomic E-state index is 0.0186. The molecule has 2 aromatic carbocycles. The van der Waals surface area contributed by atoms with E-state index in [9.17, 15) is 8.78 Å². The van der Waals surface area contributed by atoms with Gasteiger partial charge >= 0.3 is 0 Å². The maximum atomic E-state index is 13.7. The Balaban J connectivity index is 2.17. The normalized spacial score (nSPS) is 12.2. The first-order valence-corrected chi connectivity index (χ1v) is 6.81. The summed E-state index contributed by atoms with van der Waals surface area (Å²) in [7, 11) is 1.43. The van der Waals surface area contributed by atoms with Gasteiger partial charge < -0.3 is 4.74 Å². The molecule has 0 bridgehead atoms. The van der Waals surface area contributed by atoms with E-state index < -0.39 is 5.82 Å². The van der Waals surface area contributed by atoms with E-state index in [4.69, 9.17) is 16.3 Å². The molecule has 0 fully saturated rings. The van der Waals surface area contributed by atoms with Crippen LogP contribution in [0.5, 0.6) is 5.75 Å². The second-order valence-electron chi connectivity index (χ2n) is 4.58. The molecule has 2 aromatic rings. The van der Waals surface area contributed by atoms with E-state index in [0.29, 0.717) is 12.3 Å². The molecule has 0 spiro atoms. The third-order valence-electron chi connectivity index (χ3n) is 3.23. The summed E-state index contributed by atoms with van der Waals surface area (Å²) in [5, 5.41) is 0. The van der Waals surface area contributed by atoms with E-state index in [0.717, 1.165) is 11.1 Å². The van der Waals surface area contributed by atoms with Crippen molar-refractivity contribution >= 4 is 11.6 Å². The van der Waals surface area contributed by atoms with Crippen molar-refractivity contribution in [3.63, 3.8) is 0 Å². The molecule has 1 nitrogen and oxygen atoms in total. The summed E-state index contributed by atoms with van der Waals surface area (Å²) in [5.41, 5.74) is 1.77. The third kappa shape index (κ3) is 3.48. The molecule has 106 valence electrons. The lowest BCUT2D eigenvalue weighted by atomic mass is 9.93. The van der Waals surface area contributed by atoms with Gasteiger partial charge in [0.05, 0.1) is 7.11 Å². The van der Waals surface area contributed by atoms with Gasteiger partial charge in [-0.15, -0.1) is 11.6 Å². The van der Waals surface area contributed by atoms with Crippen LogP contribution in [-0.2, 0) is 6.42 Å². The molecule has 0 heterocycles. The van der Waals surface area contributed by atoms with E-state index in [2.05, 4.69) is 0 Å². The van der Waals surface area contributed by atoms with Gasteiger partial charge in [-0.1, -0.05) is 18.2 Å². The molecule has 1 atom stereocenters. The number of halogens is 3. The highest BCUT2D eigenvalue weighted by molar-refractivity contribution is 6.18. The highest BCUT2D eigenvalue weighted by Gasteiger charge is 2.13. The molecule has 0 aliphatic heterocycles. The summed E-state index contributed by atoms with van der Waals surface area (Å²) < 4.78 is 31.5. The van der Waals surface area contributed by atoms with Crippen LogP contribution in [-0.4, -0.2) is 13.0 Å². The number of methoxy groups -OCH3 is 1. The lowest BCUT2D eigenvalue weighted by Gasteiger charge is -2.15. The molecule has 0 aromatic heterocycles. The first kappa shape index (κ1) is 14.8. The fourth-order valence-corrected chi connectivity index (χ4v) is 2.41. The number of ether oxygens (including phenoxy) is 1. The Bertz CT molecular complexity index is 569. The van der Waals surface area contributed by atoms with E-state index in [1.54, 1.807) is 18.2 Å². The van der Waals surface area contributed by atoms with Gasteiger partial charge in [0, 0.05) is 11.8 Å². The zero-order valence-corrected chi connectivity index (χ0v) is 11.8. The van der Waals surface area contributed by atoms with Crippen LogP contribution in [0.3, 0.4) is 0 Å². The fraction of sp³-hybridized carbons (Fsp3) is 0.250. The van der Waals surface area contributed by atoms with Crippen molar-refractivity contribution in [1.29, 1.82) is 0 Å². The maximum Gasteiger partial charge on any atom is 0.165 e. The Morgan fingerprint density at radius 2 is 1.80 bits per heavy atom. The van der Waals surface area contributed by atoms with E-state index in [1.165, 1.54) is 25.3 Å². The molecule has 0 amide bonds. The number of hydrogen-bond acceptors (Lipinski definition) is 1. The quantitative estimate of drug-likeness (QED) is 0.736. The van der Waals surface area contributed by atoms with Gasteiger partial charge in [-0.25, -0.2) is 8.78 Å². The largest absolute Gasteiger partial charge is 0.494 e. The monoisotopic (exact) mass is 296 g/mol. The number of rotatable bonds is 5. The first-order chi connectivity index (χ1) is 9.63. The Kier molecular flexibility index (Phi) is 4.96. The Labute approximate surface area is 122 Å². The molecule has 20 heavy (non-hydrogen) atoms. The van der Waals surface area contributed by atoms with E-state index in [-0.39, 0.29) is 17.5 Å². The highest BCUT2D eigenvalue weighted by atomic mass is 35.5. The summed E-state index contributed by atoms with van der Waals surface area (Å²) in [4.78, 5) is 0. The number of benzene rings is 2. The van der Waals surface area contributed by atoms with Gasteiger partial charge in [-0.3, -0.25) is 0 Å². The summed E-state index contributed by atoms with van der Waals surface area (Å²) in [6, 6.07) is 11.1. The Hall–Kier alpha value is -1.61. The highest BCUT2D eigenvalue weighted by Crippen LogP contribution is 2.25. The molecule has 4 heteroatoms. The van der Waals surface area contributed by atoms with Crippen LogP contribution in [0.25, 0.3) is 0 Å². The van der Waals surface area contributed by atoms with Gasteiger partial charge in [0.1, 0.15) is 5.82 Å². The molecule has 1 unspecified atom stereocenters. The van der Waals surface area contributed by atoms with Gasteiger partial charge in [0.2, 0.25) is 0 Å². The predicted molar refractivity (Wildman–Crippen MR) is 76.5 cm³/mol.